The second-order valence-electron chi connectivity index (χ2n) is 5.63. The lowest BCUT2D eigenvalue weighted by atomic mass is 9.96. The molecule has 0 spiro atoms. The monoisotopic (exact) mass is 374 g/mol. The van der Waals surface area contributed by atoms with Gasteiger partial charge in [-0.25, -0.2) is 0 Å². The molecule has 5 atom stereocenters. The molecule has 1 amide bonds. The summed E-state index contributed by atoms with van der Waals surface area (Å²) in [7, 11) is -2.53. The zero-order valence-electron chi connectivity index (χ0n) is 13.9. The maximum absolute atomic E-state index is 12.3. The maximum atomic E-state index is 12.3. The molecule has 25 heavy (non-hydrogen) atoms. The van der Waals surface area contributed by atoms with Crippen molar-refractivity contribution in [3.63, 3.8) is 0 Å². The summed E-state index contributed by atoms with van der Waals surface area (Å²) in [5, 5.41) is 12.8. The number of carbonyl (C=O) groups is 1. The molecule has 0 bridgehead atoms. The van der Waals surface area contributed by atoms with Crippen LogP contribution >= 0.6 is 0 Å². The van der Waals surface area contributed by atoms with E-state index in [-0.39, 0.29) is 6.54 Å². The highest BCUT2D eigenvalue weighted by molar-refractivity contribution is 7.86. The lowest BCUT2D eigenvalue weighted by Gasteiger charge is -2.43. The molecule has 0 aliphatic carbocycles. The van der Waals surface area contributed by atoms with E-state index in [9.17, 15) is 18.3 Å². The van der Waals surface area contributed by atoms with Crippen molar-refractivity contribution in [2.24, 2.45) is 5.73 Å². The molecular weight excluding hydrogens is 352 g/mol. The van der Waals surface area contributed by atoms with Crippen LogP contribution in [-0.2, 0) is 23.8 Å². The molecule has 1 aliphatic heterocycles. The van der Waals surface area contributed by atoms with E-state index in [2.05, 4.69) is 5.32 Å². The third kappa shape index (κ3) is 4.97. The SMILES string of the molecule is CO[C@H]1[C@@H](NC(=O)c2ccccc2)[C@@H](O)O[C@@H](CN)[C@H]1OS(C)(=O)=O. The van der Waals surface area contributed by atoms with Crippen molar-refractivity contribution in [1.29, 1.82) is 0 Å². The van der Waals surface area contributed by atoms with Gasteiger partial charge in [0.05, 0.1) is 6.26 Å². The standard InChI is InChI=1S/C15H22N2O7S/c1-22-13-11(17-14(18)9-6-4-3-5-7-9)15(19)23-10(8-16)12(13)24-25(2,20)21/h3-7,10-13,15,19H,8,16H2,1-2H3,(H,17,18)/t10-,11+,12+,13-,15-/m0/s1. The maximum Gasteiger partial charge on any atom is 0.264 e. The summed E-state index contributed by atoms with van der Waals surface area (Å²) < 4.78 is 38.7. The Hall–Kier alpha value is -1.56. The summed E-state index contributed by atoms with van der Waals surface area (Å²) in [5.74, 6) is -0.473. The Morgan fingerprint density at radius 1 is 1.32 bits per heavy atom. The smallest absolute Gasteiger partial charge is 0.264 e. The van der Waals surface area contributed by atoms with Gasteiger partial charge in [-0.3, -0.25) is 8.98 Å². The summed E-state index contributed by atoms with van der Waals surface area (Å²) >= 11 is 0. The summed E-state index contributed by atoms with van der Waals surface area (Å²) in [6.07, 6.45) is -3.57. The Balaban J connectivity index is 2.24. The van der Waals surface area contributed by atoms with Crippen LogP contribution in [0, 0.1) is 0 Å². The molecule has 1 aromatic rings. The third-order valence-electron chi connectivity index (χ3n) is 3.79. The van der Waals surface area contributed by atoms with E-state index in [0.29, 0.717) is 5.56 Å². The fourth-order valence-electron chi connectivity index (χ4n) is 2.69. The molecule has 140 valence electrons. The highest BCUT2D eigenvalue weighted by Gasteiger charge is 2.48. The fraction of sp³-hybridized carbons (Fsp3) is 0.533. The van der Waals surface area contributed by atoms with Crippen molar-refractivity contribution in [1.82, 2.24) is 5.32 Å². The molecule has 2 rings (SSSR count). The van der Waals surface area contributed by atoms with Gasteiger partial charge in [0.15, 0.2) is 6.29 Å². The number of nitrogens with one attached hydrogen (secondary N) is 1. The van der Waals surface area contributed by atoms with Crippen LogP contribution in [0.1, 0.15) is 10.4 Å². The molecule has 9 nitrogen and oxygen atoms in total. The van der Waals surface area contributed by atoms with Crippen LogP contribution in [0.25, 0.3) is 0 Å². The molecule has 4 N–H and O–H groups in total. The second-order valence-corrected chi connectivity index (χ2v) is 7.23. The van der Waals surface area contributed by atoms with E-state index < -0.39 is 46.7 Å². The lowest BCUT2D eigenvalue weighted by molar-refractivity contribution is -0.241. The van der Waals surface area contributed by atoms with Gasteiger partial charge < -0.3 is 25.6 Å². The number of methoxy groups -OCH3 is 1. The van der Waals surface area contributed by atoms with Gasteiger partial charge in [-0.2, -0.15) is 8.42 Å². The van der Waals surface area contributed by atoms with Gasteiger partial charge >= 0.3 is 0 Å². The highest BCUT2D eigenvalue weighted by Crippen LogP contribution is 2.25. The first kappa shape index (κ1) is 19.8. The molecule has 0 saturated carbocycles. The number of rotatable bonds is 6. The van der Waals surface area contributed by atoms with Crippen LogP contribution in [0.4, 0.5) is 0 Å². The number of carbonyl (C=O) groups excluding carboxylic acids is 1. The first-order valence-corrected chi connectivity index (χ1v) is 9.39. The van der Waals surface area contributed by atoms with Gasteiger partial charge in [-0.05, 0) is 12.1 Å². The van der Waals surface area contributed by atoms with Crippen LogP contribution in [0.2, 0.25) is 0 Å². The largest absolute Gasteiger partial charge is 0.376 e. The number of amides is 1. The molecule has 10 heteroatoms. The first-order chi connectivity index (χ1) is 11.8. The predicted octanol–water partition coefficient (Wildman–Crippen LogP) is -1.18. The van der Waals surface area contributed by atoms with E-state index >= 15 is 0 Å². The van der Waals surface area contributed by atoms with Gasteiger partial charge in [0, 0.05) is 19.2 Å². The highest BCUT2D eigenvalue weighted by atomic mass is 32.2. The van der Waals surface area contributed by atoms with E-state index in [1.807, 2.05) is 0 Å². The Morgan fingerprint density at radius 3 is 2.48 bits per heavy atom. The van der Waals surface area contributed by atoms with Crippen molar-refractivity contribution in [3.05, 3.63) is 35.9 Å². The van der Waals surface area contributed by atoms with E-state index in [4.69, 9.17) is 19.4 Å². The topological polar surface area (TPSA) is 137 Å². The zero-order chi connectivity index (χ0) is 18.6. The normalized spacial score (nSPS) is 30.0. The van der Waals surface area contributed by atoms with E-state index in [1.54, 1.807) is 30.3 Å². The Morgan fingerprint density at radius 2 is 1.96 bits per heavy atom. The number of aliphatic hydroxyl groups is 1. The van der Waals surface area contributed by atoms with Crippen molar-refractivity contribution in [2.45, 2.75) is 30.6 Å². The van der Waals surface area contributed by atoms with Crippen molar-refractivity contribution >= 4 is 16.0 Å². The predicted molar refractivity (Wildman–Crippen MR) is 88.1 cm³/mol. The van der Waals surface area contributed by atoms with E-state index in [1.165, 1.54) is 7.11 Å². The zero-order valence-corrected chi connectivity index (χ0v) is 14.7. The molecule has 0 radical (unpaired) electrons. The molecule has 0 unspecified atom stereocenters. The van der Waals surface area contributed by atoms with Crippen LogP contribution in [0.15, 0.2) is 30.3 Å². The molecule has 1 aliphatic rings. The van der Waals surface area contributed by atoms with Crippen LogP contribution < -0.4 is 11.1 Å². The molecule has 1 heterocycles. The van der Waals surface area contributed by atoms with Crippen molar-refractivity contribution in [3.8, 4) is 0 Å². The van der Waals surface area contributed by atoms with Gasteiger partial charge in [-0.1, -0.05) is 18.2 Å². The first-order valence-electron chi connectivity index (χ1n) is 7.57. The van der Waals surface area contributed by atoms with Crippen LogP contribution in [0.3, 0.4) is 0 Å². The summed E-state index contributed by atoms with van der Waals surface area (Å²) in [6.45, 7) is -0.101. The van der Waals surface area contributed by atoms with Gasteiger partial charge in [0.25, 0.3) is 16.0 Å². The third-order valence-corrected chi connectivity index (χ3v) is 4.36. The van der Waals surface area contributed by atoms with Gasteiger partial charge in [-0.15, -0.1) is 0 Å². The Kier molecular flexibility index (Phi) is 6.49. The Bertz CT molecular complexity index is 682. The summed E-state index contributed by atoms with van der Waals surface area (Å²) in [6, 6.07) is 7.29. The lowest BCUT2D eigenvalue weighted by Crippen LogP contribution is -2.66. The van der Waals surface area contributed by atoms with Gasteiger partial charge in [0.2, 0.25) is 0 Å². The number of aliphatic hydroxyl groups excluding tert-OH is 1. The molecule has 1 saturated heterocycles. The summed E-state index contributed by atoms with van der Waals surface area (Å²) in [5.41, 5.74) is 5.94. The number of hydrogen-bond acceptors (Lipinski definition) is 8. The van der Waals surface area contributed by atoms with Crippen LogP contribution in [-0.4, -0.2) is 70.0 Å². The molecule has 1 fully saturated rings. The quantitative estimate of drug-likeness (QED) is 0.529. The minimum atomic E-state index is -3.84. The molecule has 0 aromatic heterocycles. The minimum Gasteiger partial charge on any atom is -0.376 e. The summed E-state index contributed by atoms with van der Waals surface area (Å²) in [4.78, 5) is 12.3. The minimum absolute atomic E-state index is 0.101. The number of benzene rings is 1. The average Bonchev–Trinajstić information content (AvgIpc) is 2.57. The number of ether oxygens (including phenoxy) is 2. The second kappa shape index (κ2) is 8.21. The van der Waals surface area contributed by atoms with Crippen LogP contribution in [0.5, 0.6) is 0 Å². The number of nitrogens with two attached hydrogens (primary N) is 1. The van der Waals surface area contributed by atoms with Crippen molar-refractivity contribution in [2.75, 3.05) is 19.9 Å². The Labute approximate surface area is 146 Å². The molecule has 1 aromatic carbocycles. The number of hydrogen-bond donors (Lipinski definition) is 3. The average molecular weight is 374 g/mol. The van der Waals surface area contributed by atoms with E-state index in [0.717, 1.165) is 6.26 Å². The van der Waals surface area contributed by atoms with Crippen molar-refractivity contribution < 1.29 is 32.0 Å². The van der Waals surface area contributed by atoms with Gasteiger partial charge in [0.1, 0.15) is 24.4 Å². The fourth-order valence-corrected chi connectivity index (χ4v) is 3.32. The molecular formula is C15H22N2O7S.